The summed E-state index contributed by atoms with van der Waals surface area (Å²) in [5, 5.41) is 5.10. The Kier molecular flexibility index (Phi) is 7.87. The van der Waals surface area contributed by atoms with Gasteiger partial charge in [0.1, 0.15) is 0 Å². The lowest BCUT2D eigenvalue weighted by Crippen LogP contribution is -2.00. The average Bonchev–Trinajstić information content (AvgIpc) is 3.85. The van der Waals surface area contributed by atoms with Crippen LogP contribution < -0.4 is 0 Å². The van der Waals surface area contributed by atoms with Crippen LogP contribution in [0.25, 0.3) is 108 Å². The van der Waals surface area contributed by atoms with Gasteiger partial charge < -0.3 is 0 Å². The van der Waals surface area contributed by atoms with E-state index in [4.69, 9.17) is 15.0 Å². The van der Waals surface area contributed by atoms with Crippen molar-refractivity contribution in [2.75, 3.05) is 0 Å². The highest BCUT2D eigenvalue weighted by molar-refractivity contribution is 7.26. The maximum atomic E-state index is 5.14. The standard InChI is InChI=1S/C51H31N3S2/c1-3-11-32(12-4-1)36-15-9-16-38(29-36)50-52-49(53-51(54-50)39-25-27-42-41-17-7-8-20-45(41)55-47(42)31-39)35-23-21-34(22-24-35)40-18-10-19-43-44-30-37(33-13-5-2-6-14-33)26-28-46(44)56-48(40)43/h1-31H. The van der Waals surface area contributed by atoms with Crippen LogP contribution in [0.2, 0.25) is 0 Å². The first-order chi connectivity index (χ1) is 27.7. The largest absolute Gasteiger partial charge is 0.208 e. The molecule has 0 aliphatic heterocycles. The van der Waals surface area contributed by atoms with Crippen LogP contribution in [0.4, 0.5) is 0 Å². The third kappa shape index (κ3) is 5.77. The van der Waals surface area contributed by atoms with Gasteiger partial charge in [-0.1, -0.05) is 158 Å². The number of hydrogen-bond acceptors (Lipinski definition) is 5. The topological polar surface area (TPSA) is 38.7 Å². The predicted molar refractivity (Wildman–Crippen MR) is 238 cm³/mol. The zero-order chi connectivity index (χ0) is 37.0. The highest BCUT2D eigenvalue weighted by Gasteiger charge is 2.16. The van der Waals surface area contributed by atoms with Crippen LogP contribution in [0.1, 0.15) is 0 Å². The summed E-state index contributed by atoms with van der Waals surface area (Å²) in [7, 11) is 0. The lowest BCUT2D eigenvalue weighted by Gasteiger charge is -2.10. The Morgan fingerprint density at radius 3 is 1.55 bits per heavy atom. The molecule has 0 unspecified atom stereocenters. The van der Waals surface area contributed by atoms with Crippen molar-refractivity contribution < 1.29 is 0 Å². The second-order valence-corrected chi connectivity index (χ2v) is 16.1. The summed E-state index contributed by atoms with van der Waals surface area (Å²) >= 11 is 3.66. The first kappa shape index (κ1) is 32.6. The lowest BCUT2D eigenvalue weighted by molar-refractivity contribution is 1.07. The molecule has 262 valence electrons. The van der Waals surface area contributed by atoms with Crippen molar-refractivity contribution in [3.63, 3.8) is 0 Å². The van der Waals surface area contributed by atoms with Crippen molar-refractivity contribution >= 4 is 63.0 Å². The molecule has 0 saturated heterocycles. The highest BCUT2D eigenvalue weighted by atomic mass is 32.1. The minimum atomic E-state index is 0.645. The molecule has 3 heterocycles. The van der Waals surface area contributed by atoms with E-state index in [0.717, 1.165) is 33.4 Å². The Hall–Kier alpha value is -6.79. The number of rotatable bonds is 6. The Bertz CT molecular complexity index is 3240. The number of aromatic nitrogens is 3. The van der Waals surface area contributed by atoms with Crippen LogP contribution >= 0.6 is 22.7 Å². The highest BCUT2D eigenvalue weighted by Crippen LogP contribution is 2.42. The minimum Gasteiger partial charge on any atom is -0.208 e. The molecule has 56 heavy (non-hydrogen) atoms. The molecule has 8 aromatic carbocycles. The summed E-state index contributed by atoms with van der Waals surface area (Å²) in [4.78, 5) is 15.4. The molecule has 0 amide bonds. The van der Waals surface area contributed by atoms with E-state index in [1.54, 1.807) is 11.3 Å². The molecule has 11 aromatic rings. The van der Waals surface area contributed by atoms with E-state index < -0.39 is 0 Å². The Labute approximate surface area is 331 Å². The average molecular weight is 750 g/mol. The van der Waals surface area contributed by atoms with E-state index in [0.29, 0.717) is 17.5 Å². The van der Waals surface area contributed by atoms with Crippen molar-refractivity contribution in [1.82, 2.24) is 15.0 Å². The third-order valence-electron chi connectivity index (χ3n) is 10.6. The first-order valence-electron chi connectivity index (χ1n) is 18.7. The summed E-state index contributed by atoms with van der Waals surface area (Å²) < 4.78 is 5.08. The van der Waals surface area contributed by atoms with Crippen molar-refractivity contribution in [1.29, 1.82) is 0 Å². The van der Waals surface area contributed by atoms with Crippen LogP contribution in [0.15, 0.2) is 188 Å². The molecular formula is C51H31N3S2. The van der Waals surface area contributed by atoms with Gasteiger partial charge in [0.15, 0.2) is 17.5 Å². The summed E-state index contributed by atoms with van der Waals surface area (Å²) in [5.74, 6) is 1.95. The Balaban J connectivity index is 1.01. The lowest BCUT2D eigenvalue weighted by atomic mass is 9.99. The molecule has 0 fully saturated rings. The van der Waals surface area contributed by atoms with E-state index in [9.17, 15) is 0 Å². The van der Waals surface area contributed by atoms with Gasteiger partial charge in [0, 0.05) is 57.0 Å². The molecule has 0 N–H and O–H groups in total. The first-order valence-corrected chi connectivity index (χ1v) is 20.3. The fourth-order valence-electron chi connectivity index (χ4n) is 7.73. The van der Waals surface area contributed by atoms with Gasteiger partial charge in [0.05, 0.1) is 0 Å². The van der Waals surface area contributed by atoms with E-state index in [1.807, 2.05) is 17.4 Å². The minimum absolute atomic E-state index is 0.645. The molecule has 11 rings (SSSR count). The van der Waals surface area contributed by atoms with Gasteiger partial charge in [-0.15, -0.1) is 22.7 Å². The number of thiophene rings is 2. The number of fused-ring (bicyclic) bond motifs is 6. The summed E-state index contributed by atoms with van der Waals surface area (Å²) in [6.07, 6.45) is 0. The van der Waals surface area contributed by atoms with Crippen molar-refractivity contribution in [3.8, 4) is 67.5 Å². The third-order valence-corrected chi connectivity index (χ3v) is 12.9. The van der Waals surface area contributed by atoms with Gasteiger partial charge in [-0.2, -0.15) is 0 Å². The van der Waals surface area contributed by atoms with E-state index >= 15 is 0 Å². The van der Waals surface area contributed by atoms with Crippen LogP contribution in [0.3, 0.4) is 0 Å². The Morgan fingerprint density at radius 1 is 0.268 bits per heavy atom. The normalized spacial score (nSPS) is 11.6. The van der Waals surface area contributed by atoms with Gasteiger partial charge >= 0.3 is 0 Å². The zero-order valence-corrected chi connectivity index (χ0v) is 31.7. The molecule has 3 nitrogen and oxygen atoms in total. The zero-order valence-electron chi connectivity index (χ0n) is 30.1. The second kappa shape index (κ2) is 13.5. The fourth-order valence-corrected chi connectivity index (χ4v) is 10.1. The van der Waals surface area contributed by atoms with Gasteiger partial charge in [-0.05, 0) is 63.7 Å². The molecule has 0 saturated carbocycles. The molecule has 5 heteroatoms. The van der Waals surface area contributed by atoms with Crippen LogP contribution in [0.5, 0.6) is 0 Å². The summed E-state index contributed by atoms with van der Waals surface area (Å²) in [6, 6.07) is 66.8. The molecule has 0 spiro atoms. The van der Waals surface area contributed by atoms with Crippen LogP contribution in [-0.4, -0.2) is 15.0 Å². The maximum Gasteiger partial charge on any atom is 0.164 e. The number of benzene rings is 8. The van der Waals surface area contributed by atoms with E-state index in [2.05, 4.69) is 182 Å². The molecule has 0 aliphatic rings. The van der Waals surface area contributed by atoms with Crippen LogP contribution in [-0.2, 0) is 0 Å². The second-order valence-electron chi connectivity index (χ2n) is 14.0. The molecule has 0 aliphatic carbocycles. The van der Waals surface area contributed by atoms with Crippen molar-refractivity contribution in [2.24, 2.45) is 0 Å². The smallest absolute Gasteiger partial charge is 0.164 e. The summed E-state index contributed by atoms with van der Waals surface area (Å²) in [5.41, 5.74) is 9.98. The summed E-state index contributed by atoms with van der Waals surface area (Å²) in [6.45, 7) is 0. The van der Waals surface area contributed by atoms with Crippen molar-refractivity contribution in [2.45, 2.75) is 0 Å². The van der Waals surface area contributed by atoms with Gasteiger partial charge in [0.25, 0.3) is 0 Å². The number of hydrogen-bond donors (Lipinski definition) is 0. The van der Waals surface area contributed by atoms with Gasteiger partial charge in [-0.3, -0.25) is 0 Å². The SMILES string of the molecule is c1ccc(-c2cccc(-c3nc(-c4ccc(-c5cccc6c5sc5ccc(-c7ccccc7)cc56)cc4)nc(-c4ccc5c(c4)sc4ccccc45)n3)c2)cc1. The van der Waals surface area contributed by atoms with Crippen molar-refractivity contribution in [3.05, 3.63) is 188 Å². The van der Waals surface area contributed by atoms with E-state index in [1.165, 1.54) is 57.0 Å². The molecule has 0 atom stereocenters. The fraction of sp³-hybridized carbons (Fsp3) is 0. The predicted octanol–water partition coefficient (Wildman–Crippen LogP) is 14.6. The molecule has 3 aromatic heterocycles. The quantitative estimate of drug-likeness (QED) is 0.170. The monoisotopic (exact) mass is 749 g/mol. The van der Waals surface area contributed by atoms with E-state index in [-0.39, 0.29) is 0 Å². The molecular weight excluding hydrogens is 719 g/mol. The van der Waals surface area contributed by atoms with Crippen LogP contribution in [0, 0.1) is 0 Å². The molecule has 0 bridgehead atoms. The Morgan fingerprint density at radius 2 is 0.786 bits per heavy atom. The maximum absolute atomic E-state index is 5.14. The molecule has 0 radical (unpaired) electrons. The van der Waals surface area contributed by atoms with Gasteiger partial charge in [0.2, 0.25) is 0 Å². The van der Waals surface area contributed by atoms with Gasteiger partial charge in [-0.25, -0.2) is 15.0 Å². The number of nitrogens with zero attached hydrogens (tertiary/aromatic N) is 3.